The molecule has 2 amide bonds. The number of halogens is 1. The van der Waals surface area contributed by atoms with Gasteiger partial charge in [0.05, 0.1) is 18.5 Å². The summed E-state index contributed by atoms with van der Waals surface area (Å²) in [5.74, 6) is -0.101. The Bertz CT molecular complexity index is 1030. The molecule has 0 saturated carbocycles. The fraction of sp³-hybridized carbons (Fsp3) is 0.238. The smallest absolute Gasteiger partial charge is 0.278 e. The van der Waals surface area contributed by atoms with Crippen LogP contribution in [0.25, 0.3) is 0 Å². The van der Waals surface area contributed by atoms with E-state index in [9.17, 15) is 9.59 Å². The molecule has 0 aliphatic rings. The fourth-order valence-electron chi connectivity index (χ4n) is 2.84. The molecule has 0 aliphatic heterocycles. The maximum absolute atomic E-state index is 12.6. The van der Waals surface area contributed by atoms with Crippen LogP contribution < -0.4 is 15.4 Å². The molecule has 0 saturated heterocycles. The van der Waals surface area contributed by atoms with Crippen molar-refractivity contribution < 1.29 is 14.3 Å². The highest BCUT2D eigenvalue weighted by Gasteiger charge is 2.19. The zero-order valence-electron chi connectivity index (χ0n) is 16.7. The first kappa shape index (κ1) is 21.3. The average Bonchev–Trinajstić information content (AvgIpc) is 3.10. The molecule has 2 N–H and O–H groups in total. The van der Waals surface area contributed by atoms with Crippen molar-refractivity contribution in [1.29, 1.82) is 0 Å². The van der Waals surface area contributed by atoms with Crippen molar-refractivity contribution in [1.82, 2.24) is 20.3 Å². The lowest BCUT2D eigenvalue weighted by Crippen LogP contribution is -2.30. The van der Waals surface area contributed by atoms with E-state index in [1.54, 1.807) is 25.1 Å². The molecule has 2 aromatic carbocycles. The first-order valence-electron chi connectivity index (χ1n) is 9.33. The molecule has 3 aromatic rings. The van der Waals surface area contributed by atoms with E-state index in [1.165, 1.54) is 11.8 Å². The topological polar surface area (TPSA) is 98.1 Å². The monoisotopic (exact) mass is 427 g/mol. The number of amides is 2. The summed E-state index contributed by atoms with van der Waals surface area (Å²) >= 11 is 5.87. The third-order valence-corrected chi connectivity index (χ3v) is 4.75. The Morgan fingerprint density at radius 2 is 1.87 bits per heavy atom. The number of hydrogen-bond acceptors (Lipinski definition) is 5. The lowest BCUT2D eigenvalue weighted by atomic mass is 10.1. The maximum Gasteiger partial charge on any atom is 0.278 e. The van der Waals surface area contributed by atoms with Gasteiger partial charge >= 0.3 is 0 Å². The highest BCUT2D eigenvalue weighted by molar-refractivity contribution is 6.30. The second-order valence-corrected chi connectivity index (χ2v) is 7.00. The summed E-state index contributed by atoms with van der Waals surface area (Å²) in [4.78, 5) is 24.8. The summed E-state index contributed by atoms with van der Waals surface area (Å²) in [6.07, 6.45) is 0.686. The van der Waals surface area contributed by atoms with Crippen molar-refractivity contribution in [3.8, 4) is 5.75 Å². The van der Waals surface area contributed by atoms with Gasteiger partial charge in [-0.1, -0.05) is 41.1 Å². The van der Waals surface area contributed by atoms with Crippen LogP contribution in [0.4, 0.5) is 5.69 Å². The van der Waals surface area contributed by atoms with Crippen LogP contribution in [0.1, 0.15) is 21.7 Å². The third kappa shape index (κ3) is 5.36. The molecule has 0 fully saturated rings. The Balaban J connectivity index is 1.55. The van der Waals surface area contributed by atoms with Gasteiger partial charge in [-0.15, -0.1) is 5.10 Å². The number of hydrogen-bond donors (Lipinski definition) is 2. The van der Waals surface area contributed by atoms with Gasteiger partial charge in [0.25, 0.3) is 5.91 Å². The quantitative estimate of drug-likeness (QED) is 0.576. The van der Waals surface area contributed by atoms with Crippen LogP contribution in [0.15, 0.2) is 48.5 Å². The van der Waals surface area contributed by atoms with Crippen LogP contribution in [-0.2, 0) is 17.8 Å². The number of nitrogens with one attached hydrogen (secondary N) is 2. The van der Waals surface area contributed by atoms with Crippen molar-refractivity contribution in [2.24, 2.45) is 0 Å². The maximum atomic E-state index is 12.6. The minimum Gasteiger partial charge on any atom is -0.495 e. The van der Waals surface area contributed by atoms with Gasteiger partial charge in [0.1, 0.15) is 12.3 Å². The van der Waals surface area contributed by atoms with Gasteiger partial charge in [-0.3, -0.25) is 9.59 Å². The molecule has 156 valence electrons. The molecule has 9 heteroatoms. The lowest BCUT2D eigenvalue weighted by molar-refractivity contribution is -0.121. The van der Waals surface area contributed by atoms with Gasteiger partial charge in [-0.05, 0) is 43.2 Å². The summed E-state index contributed by atoms with van der Waals surface area (Å²) in [6, 6.07) is 14.5. The van der Waals surface area contributed by atoms with E-state index in [0.29, 0.717) is 35.1 Å². The second-order valence-electron chi connectivity index (χ2n) is 6.56. The SMILES string of the molecule is COc1ccccc1NC(=O)c1nnn(CC(=O)NCCc2ccc(Cl)cc2)c1C. The third-order valence-electron chi connectivity index (χ3n) is 4.50. The first-order chi connectivity index (χ1) is 14.5. The van der Waals surface area contributed by atoms with Crippen LogP contribution >= 0.6 is 11.6 Å². The standard InChI is InChI=1S/C21H22ClN5O3/c1-14-20(21(29)24-17-5-3-4-6-18(17)30-2)25-26-27(14)13-19(28)23-12-11-15-7-9-16(22)10-8-15/h3-10H,11-13H2,1-2H3,(H,23,28)(H,24,29). The predicted molar refractivity (Wildman–Crippen MR) is 114 cm³/mol. The van der Waals surface area contributed by atoms with Gasteiger partial charge in [0, 0.05) is 11.6 Å². The van der Waals surface area contributed by atoms with E-state index < -0.39 is 5.91 Å². The van der Waals surface area contributed by atoms with Gasteiger partial charge in [0.15, 0.2) is 5.69 Å². The Morgan fingerprint density at radius 1 is 1.13 bits per heavy atom. The zero-order chi connectivity index (χ0) is 21.5. The van der Waals surface area contributed by atoms with Crippen LogP contribution in [0.3, 0.4) is 0 Å². The summed E-state index contributed by atoms with van der Waals surface area (Å²) < 4.78 is 6.63. The number of anilines is 1. The van der Waals surface area contributed by atoms with Gasteiger partial charge in [-0.25, -0.2) is 4.68 Å². The number of para-hydroxylation sites is 2. The highest BCUT2D eigenvalue weighted by Crippen LogP contribution is 2.23. The number of carbonyl (C=O) groups excluding carboxylic acids is 2. The fourth-order valence-corrected chi connectivity index (χ4v) is 2.96. The van der Waals surface area contributed by atoms with E-state index in [2.05, 4.69) is 20.9 Å². The van der Waals surface area contributed by atoms with Gasteiger partial charge in [-0.2, -0.15) is 0 Å². The number of rotatable bonds is 8. The minimum absolute atomic E-state index is 0.0264. The number of carbonyl (C=O) groups is 2. The molecular weight excluding hydrogens is 406 g/mol. The molecule has 30 heavy (non-hydrogen) atoms. The minimum atomic E-state index is -0.425. The Morgan fingerprint density at radius 3 is 2.60 bits per heavy atom. The number of methoxy groups -OCH3 is 1. The number of ether oxygens (including phenoxy) is 1. The van der Waals surface area contributed by atoms with Crippen molar-refractivity contribution in [3.05, 3.63) is 70.5 Å². The lowest BCUT2D eigenvalue weighted by Gasteiger charge is -2.09. The normalized spacial score (nSPS) is 10.5. The Hall–Kier alpha value is -3.39. The summed E-state index contributed by atoms with van der Waals surface area (Å²) in [5.41, 5.74) is 2.25. The van der Waals surface area contributed by atoms with Crippen molar-refractivity contribution in [3.63, 3.8) is 0 Å². The van der Waals surface area contributed by atoms with Crippen LogP contribution in [0.2, 0.25) is 5.02 Å². The Kier molecular flexibility index (Phi) is 7.03. The molecule has 0 bridgehead atoms. The predicted octanol–water partition coefficient (Wildman–Crippen LogP) is 2.86. The second kappa shape index (κ2) is 9.89. The van der Waals surface area contributed by atoms with Crippen LogP contribution in [0, 0.1) is 6.92 Å². The first-order valence-corrected chi connectivity index (χ1v) is 9.71. The van der Waals surface area contributed by atoms with E-state index in [4.69, 9.17) is 16.3 Å². The van der Waals surface area contributed by atoms with E-state index in [0.717, 1.165) is 5.56 Å². The molecule has 1 aromatic heterocycles. The number of nitrogens with zero attached hydrogens (tertiary/aromatic N) is 3. The summed E-state index contributed by atoms with van der Waals surface area (Å²) in [7, 11) is 1.53. The zero-order valence-corrected chi connectivity index (χ0v) is 17.4. The van der Waals surface area contributed by atoms with Crippen molar-refractivity contribution in [2.45, 2.75) is 19.9 Å². The van der Waals surface area contributed by atoms with E-state index in [-0.39, 0.29) is 18.1 Å². The molecule has 3 rings (SSSR count). The molecule has 1 heterocycles. The van der Waals surface area contributed by atoms with E-state index in [1.807, 2.05) is 30.3 Å². The van der Waals surface area contributed by atoms with E-state index >= 15 is 0 Å². The molecular formula is C21H22ClN5O3. The molecule has 0 spiro atoms. The Labute approximate surface area is 179 Å². The molecule has 8 nitrogen and oxygen atoms in total. The largest absolute Gasteiger partial charge is 0.495 e. The van der Waals surface area contributed by atoms with Gasteiger partial charge < -0.3 is 15.4 Å². The van der Waals surface area contributed by atoms with Crippen LogP contribution in [0.5, 0.6) is 5.75 Å². The number of benzene rings is 2. The molecule has 0 aliphatic carbocycles. The molecule has 0 unspecified atom stereocenters. The highest BCUT2D eigenvalue weighted by atomic mass is 35.5. The van der Waals surface area contributed by atoms with Gasteiger partial charge in [0.2, 0.25) is 5.91 Å². The molecule has 0 radical (unpaired) electrons. The summed E-state index contributed by atoms with van der Waals surface area (Å²) in [5, 5.41) is 14.1. The molecule has 0 atom stereocenters. The van der Waals surface area contributed by atoms with Crippen molar-refractivity contribution >= 4 is 29.1 Å². The van der Waals surface area contributed by atoms with Crippen LogP contribution in [-0.4, -0.2) is 40.5 Å². The number of aromatic nitrogens is 3. The van der Waals surface area contributed by atoms with Crippen molar-refractivity contribution in [2.75, 3.05) is 19.0 Å². The average molecular weight is 428 g/mol. The summed E-state index contributed by atoms with van der Waals surface area (Å²) in [6.45, 7) is 2.15.